The standard InChI is InChI=1S/C12H15BrFNOS/c1-8(7-17-2)6-15-12(16)10-4-3-9(13)5-11(10)14/h3-5,8H,6-7H2,1-2H3,(H,15,16). The Labute approximate surface area is 113 Å². The van der Waals surface area contributed by atoms with Gasteiger partial charge in [-0.3, -0.25) is 4.79 Å². The van der Waals surface area contributed by atoms with Crippen LogP contribution in [0.25, 0.3) is 0 Å². The molecule has 0 radical (unpaired) electrons. The Morgan fingerprint density at radius 1 is 1.59 bits per heavy atom. The quantitative estimate of drug-likeness (QED) is 0.902. The van der Waals surface area contributed by atoms with E-state index in [4.69, 9.17) is 0 Å². The van der Waals surface area contributed by atoms with E-state index < -0.39 is 5.82 Å². The second-order valence-electron chi connectivity index (χ2n) is 3.89. The smallest absolute Gasteiger partial charge is 0.254 e. The molecule has 0 fully saturated rings. The van der Waals surface area contributed by atoms with Gasteiger partial charge in [0.2, 0.25) is 0 Å². The van der Waals surface area contributed by atoms with Crippen LogP contribution in [0.2, 0.25) is 0 Å². The molecule has 1 amide bonds. The van der Waals surface area contributed by atoms with Gasteiger partial charge in [0.1, 0.15) is 5.82 Å². The Hall–Kier alpha value is -0.550. The van der Waals surface area contributed by atoms with Gasteiger partial charge >= 0.3 is 0 Å². The molecule has 0 bridgehead atoms. The van der Waals surface area contributed by atoms with Gasteiger partial charge in [0, 0.05) is 11.0 Å². The Balaban J connectivity index is 2.58. The third-order valence-corrected chi connectivity index (χ3v) is 3.63. The summed E-state index contributed by atoms with van der Waals surface area (Å²) in [5, 5.41) is 2.74. The van der Waals surface area contributed by atoms with Crippen LogP contribution in [0.3, 0.4) is 0 Å². The summed E-state index contributed by atoms with van der Waals surface area (Å²) in [5.41, 5.74) is 0.0875. The van der Waals surface area contributed by atoms with Crippen molar-refractivity contribution in [3.63, 3.8) is 0 Å². The van der Waals surface area contributed by atoms with Gasteiger partial charge in [-0.15, -0.1) is 0 Å². The summed E-state index contributed by atoms with van der Waals surface area (Å²) in [6, 6.07) is 4.43. The van der Waals surface area contributed by atoms with E-state index in [1.165, 1.54) is 12.1 Å². The summed E-state index contributed by atoms with van der Waals surface area (Å²) in [7, 11) is 0. The highest BCUT2D eigenvalue weighted by molar-refractivity contribution is 9.10. The average Bonchev–Trinajstić information content (AvgIpc) is 2.26. The van der Waals surface area contributed by atoms with Crippen molar-refractivity contribution in [3.05, 3.63) is 34.1 Å². The molecule has 0 saturated carbocycles. The van der Waals surface area contributed by atoms with Gasteiger partial charge in [0.25, 0.3) is 5.91 Å². The maximum absolute atomic E-state index is 13.5. The summed E-state index contributed by atoms with van der Waals surface area (Å²) in [4.78, 5) is 11.7. The Kier molecular flexibility index (Phi) is 5.98. The molecule has 0 aliphatic rings. The normalized spacial score (nSPS) is 12.2. The van der Waals surface area contributed by atoms with Gasteiger partial charge in [-0.1, -0.05) is 22.9 Å². The second-order valence-corrected chi connectivity index (χ2v) is 5.72. The lowest BCUT2D eigenvalue weighted by Crippen LogP contribution is -2.29. The van der Waals surface area contributed by atoms with Gasteiger partial charge in [-0.2, -0.15) is 11.8 Å². The number of nitrogens with one attached hydrogen (secondary N) is 1. The van der Waals surface area contributed by atoms with Crippen LogP contribution in [0, 0.1) is 11.7 Å². The van der Waals surface area contributed by atoms with Gasteiger partial charge < -0.3 is 5.32 Å². The highest BCUT2D eigenvalue weighted by Gasteiger charge is 2.12. The van der Waals surface area contributed by atoms with Gasteiger partial charge in [-0.25, -0.2) is 4.39 Å². The molecule has 5 heteroatoms. The molecule has 0 aliphatic carbocycles. The van der Waals surface area contributed by atoms with Crippen LogP contribution in [0.4, 0.5) is 4.39 Å². The van der Waals surface area contributed by atoms with Crippen LogP contribution in [0.15, 0.2) is 22.7 Å². The van der Waals surface area contributed by atoms with Crippen molar-refractivity contribution in [2.45, 2.75) is 6.92 Å². The van der Waals surface area contributed by atoms with Crippen molar-refractivity contribution in [1.29, 1.82) is 0 Å². The van der Waals surface area contributed by atoms with Crippen molar-refractivity contribution >= 4 is 33.6 Å². The monoisotopic (exact) mass is 319 g/mol. The number of carbonyl (C=O) groups is 1. The predicted octanol–water partition coefficient (Wildman–Crippen LogP) is 3.32. The summed E-state index contributed by atoms with van der Waals surface area (Å²) in [5.74, 6) is 0.494. The van der Waals surface area contributed by atoms with Crippen LogP contribution < -0.4 is 5.32 Å². The van der Waals surface area contributed by atoms with Crippen LogP contribution in [0.1, 0.15) is 17.3 Å². The predicted molar refractivity (Wildman–Crippen MR) is 74.0 cm³/mol. The SMILES string of the molecule is CSCC(C)CNC(=O)c1ccc(Br)cc1F. The highest BCUT2D eigenvalue weighted by atomic mass is 79.9. The van der Waals surface area contributed by atoms with Gasteiger partial charge in [-0.05, 0) is 36.1 Å². The molecule has 0 saturated heterocycles. The lowest BCUT2D eigenvalue weighted by molar-refractivity contribution is 0.0945. The second kappa shape index (κ2) is 7.01. The molecule has 1 atom stereocenters. The minimum absolute atomic E-state index is 0.0875. The van der Waals surface area contributed by atoms with Gasteiger partial charge in [0.05, 0.1) is 5.56 Å². The fraction of sp³-hybridized carbons (Fsp3) is 0.417. The number of amides is 1. The number of rotatable bonds is 5. The Morgan fingerprint density at radius 2 is 2.29 bits per heavy atom. The molecule has 1 N–H and O–H groups in total. The lowest BCUT2D eigenvalue weighted by atomic mass is 10.2. The summed E-state index contributed by atoms with van der Waals surface area (Å²) < 4.78 is 14.1. The largest absolute Gasteiger partial charge is 0.352 e. The molecule has 0 spiro atoms. The highest BCUT2D eigenvalue weighted by Crippen LogP contribution is 2.15. The average molecular weight is 320 g/mol. The van der Waals surface area contributed by atoms with E-state index in [-0.39, 0.29) is 11.5 Å². The summed E-state index contributed by atoms with van der Waals surface area (Å²) >= 11 is 4.88. The summed E-state index contributed by atoms with van der Waals surface area (Å²) in [6.45, 7) is 2.61. The molecule has 2 nitrogen and oxygen atoms in total. The van der Waals surface area contributed by atoms with E-state index in [1.807, 2.05) is 6.26 Å². The fourth-order valence-electron chi connectivity index (χ4n) is 1.38. The lowest BCUT2D eigenvalue weighted by Gasteiger charge is -2.11. The van der Waals surface area contributed by atoms with Crippen molar-refractivity contribution in [3.8, 4) is 0 Å². The molecule has 1 rings (SSSR count). The number of benzene rings is 1. The molecule has 1 unspecified atom stereocenters. The molecule has 0 heterocycles. The first kappa shape index (κ1) is 14.5. The summed E-state index contributed by atoms with van der Waals surface area (Å²) in [6.07, 6.45) is 2.02. The third kappa shape index (κ3) is 4.68. The van der Waals surface area contributed by atoms with Crippen LogP contribution in [0.5, 0.6) is 0 Å². The first-order valence-corrected chi connectivity index (χ1v) is 7.45. The topological polar surface area (TPSA) is 29.1 Å². The molecule has 1 aromatic carbocycles. The zero-order chi connectivity index (χ0) is 12.8. The van der Waals surface area contributed by atoms with Crippen LogP contribution in [-0.4, -0.2) is 24.5 Å². The van der Waals surface area contributed by atoms with Crippen molar-refractivity contribution < 1.29 is 9.18 Å². The van der Waals surface area contributed by atoms with E-state index in [0.29, 0.717) is 16.9 Å². The molecule has 0 aliphatic heterocycles. The maximum Gasteiger partial charge on any atom is 0.254 e. The van der Waals surface area contributed by atoms with Gasteiger partial charge in [0.15, 0.2) is 0 Å². The van der Waals surface area contributed by atoms with E-state index in [2.05, 4.69) is 28.2 Å². The molecular formula is C12H15BrFNOS. The molecule has 94 valence electrons. The first-order valence-electron chi connectivity index (χ1n) is 5.26. The Morgan fingerprint density at radius 3 is 2.88 bits per heavy atom. The minimum Gasteiger partial charge on any atom is -0.352 e. The number of thioether (sulfide) groups is 1. The number of halogens is 2. The number of carbonyl (C=O) groups excluding carboxylic acids is 1. The van der Waals surface area contributed by atoms with Crippen molar-refractivity contribution in [2.24, 2.45) is 5.92 Å². The van der Waals surface area contributed by atoms with Crippen molar-refractivity contribution in [1.82, 2.24) is 5.32 Å². The Bertz CT molecular complexity index is 400. The molecular weight excluding hydrogens is 305 g/mol. The van der Waals surface area contributed by atoms with Crippen LogP contribution in [-0.2, 0) is 0 Å². The van der Waals surface area contributed by atoms with E-state index in [0.717, 1.165) is 5.75 Å². The third-order valence-electron chi connectivity index (χ3n) is 2.24. The molecule has 0 aromatic heterocycles. The van der Waals surface area contributed by atoms with E-state index >= 15 is 0 Å². The molecule has 1 aromatic rings. The number of hydrogen-bond acceptors (Lipinski definition) is 2. The van der Waals surface area contributed by atoms with E-state index in [1.54, 1.807) is 17.8 Å². The zero-order valence-corrected chi connectivity index (χ0v) is 12.2. The van der Waals surface area contributed by atoms with Crippen molar-refractivity contribution in [2.75, 3.05) is 18.6 Å². The number of hydrogen-bond donors (Lipinski definition) is 1. The fourth-order valence-corrected chi connectivity index (χ4v) is 2.40. The first-order chi connectivity index (χ1) is 8.04. The van der Waals surface area contributed by atoms with E-state index in [9.17, 15) is 9.18 Å². The maximum atomic E-state index is 13.5. The van der Waals surface area contributed by atoms with Crippen LogP contribution >= 0.6 is 27.7 Å². The molecule has 17 heavy (non-hydrogen) atoms. The zero-order valence-electron chi connectivity index (χ0n) is 9.80. The minimum atomic E-state index is -0.505.